The summed E-state index contributed by atoms with van der Waals surface area (Å²) in [6.07, 6.45) is 0.222. The van der Waals surface area contributed by atoms with Crippen molar-refractivity contribution >= 4 is 23.2 Å². The Kier molecular flexibility index (Phi) is 6.53. The van der Waals surface area contributed by atoms with Crippen molar-refractivity contribution in [2.75, 3.05) is 57.1 Å². The van der Waals surface area contributed by atoms with Crippen LogP contribution in [-0.4, -0.2) is 68.5 Å². The lowest BCUT2D eigenvalue weighted by Crippen LogP contribution is -2.43. The first kappa shape index (κ1) is 21.3. The van der Waals surface area contributed by atoms with E-state index in [0.717, 1.165) is 49.8 Å². The number of carbonyl (C=O) groups excluding carboxylic acids is 2. The monoisotopic (exact) mass is 422 g/mol. The van der Waals surface area contributed by atoms with Gasteiger partial charge in [0.15, 0.2) is 0 Å². The number of nitrogens with zero attached hydrogens (tertiary/aromatic N) is 3. The van der Waals surface area contributed by atoms with Gasteiger partial charge in [0.1, 0.15) is 5.75 Å². The zero-order valence-electron chi connectivity index (χ0n) is 18.2. The molecule has 2 aromatic rings. The summed E-state index contributed by atoms with van der Waals surface area (Å²) in [4.78, 5) is 31.7. The summed E-state index contributed by atoms with van der Waals surface area (Å²) < 4.78 is 5.17. The predicted octanol–water partition coefficient (Wildman–Crippen LogP) is 2.43. The molecule has 2 aliphatic rings. The average molecular weight is 423 g/mol. The van der Waals surface area contributed by atoms with E-state index in [1.54, 1.807) is 12.0 Å². The summed E-state index contributed by atoms with van der Waals surface area (Å²) in [6.45, 7) is 5.67. The van der Waals surface area contributed by atoms with Crippen LogP contribution < -0.4 is 15.0 Å². The van der Waals surface area contributed by atoms with Crippen molar-refractivity contribution in [3.63, 3.8) is 0 Å². The van der Waals surface area contributed by atoms with Crippen molar-refractivity contribution in [3.05, 3.63) is 54.1 Å². The van der Waals surface area contributed by atoms with E-state index >= 15 is 0 Å². The first-order chi connectivity index (χ1) is 15.0. The maximum Gasteiger partial charge on any atom is 0.229 e. The molecule has 31 heavy (non-hydrogen) atoms. The largest absolute Gasteiger partial charge is 0.497 e. The van der Waals surface area contributed by atoms with E-state index < -0.39 is 0 Å². The van der Waals surface area contributed by atoms with Gasteiger partial charge < -0.3 is 19.9 Å². The number of nitrogens with one attached hydrogen (secondary N) is 1. The third-order valence-electron chi connectivity index (χ3n) is 6.10. The normalized spacial score (nSPS) is 20.1. The molecule has 2 saturated heterocycles. The van der Waals surface area contributed by atoms with Gasteiger partial charge in [-0.2, -0.15) is 0 Å². The zero-order valence-corrected chi connectivity index (χ0v) is 18.2. The number of rotatable bonds is 6. The van der Waals surface area contributed by atoms with Crippen LogP contribution in [0.25, 0.3) is 0 Å². The predicted molar refractivity (Wildman–Crippen MR) is 121 cm³/mol. The Balaban J connectivity index is 1.31. The van der Waals surface area contributed by atoms with E-state index in [4.69, 9.17) is 4.74 Å². The van der Waals surface area contributed by atoms with Crippen LogP contribution in [0.15, 0.2) is 48.5 Å². The van der Waals surface area contributed by atoms with Gasteiger partial charge in [-0.15, -0.1) is 0 Å². The molecule has 0 bridgehead atoms. The fourth-order valence-electron chi connectivity index (χ4n) is 4.10. The highest BCUT2D eigenvalue weighted by molar-refractivity contribution is 6.03. The number of amides is 2. The summed E-state index contributed by atoms with van der Waals surface area (Å²) in [5.74, 6) is 0.226. The highest BCUT2D eigenvalue weighted by Crippen LogP contribution is 2.27. The van der Waals surface area contributed by atoms with Gasteiger partial charge in [-0.05, 0) is 49.0 Å². The lowest BCUT2D eigenvalue weighted by molar-refractivity contribution is -0.122. The lowest BCUT2D eigenvalue weighted by Gasteiger charge is -2.32. The molecule has 4 rings (SSSR count). The second-order valence-electron chi connectivity index (χ2n) is 8.37. The molecule has 2 aliphatic heterocycles. The van der Waals surface area contributed by atoms with Crippen molar-refractivity contribution in [3.8, 4) is 5.75 Å². The quantitative estimate of drug-likeness (QED) is 0.775. The van der Waals surface area contributed by atoms with Gasteiger partial charge in [-0.25, -0.2) is 0 Å². The summed E-state index contributed by atoms with van der Waals surface area (Å²) in [5, 5.41) is 2.97. The molecule has 0 radical (unpaired) electrons. The minimum absolute atomic E-state index is 0.0344. The number of hydrogen-bond donors (Lipinski definition) is 1. The molecule has 1 unspecified atom stereocenters. The van der Waals surface area contributed by atoms with Gasteiger partial charge in [-0.1, -0.05) is 12.1 Å². The van der Waals surface area contributed by atoms with E-state index in [9.17, 15) is 9.59 Å². The Hall–Kier alpha value is -2.90. The molecule has 164 valence electrons. The molecule has 0 spiro atoms. The first-order valence-electron chi connectivity index (χ1n) is 10.8. The topological polar surface area (TPSA) is 65.1 Å². The van der Waals surface area contributed by atoms with Crippen LogP contribution in [-0.2, 0) is 16.1 Å². The van der Waals surface area contributed by atoms with Crippen molar-refractivity contribution in [2.24, 2.45) is 5.92 Å². The molecule has 0 saturated carbocycles. The maximum absolute atomic E-state index is 12.7. The lowest BCUT2D eigenvalue weighted by atomic mass is 10.1. The molecule has 2 fully saturated rings. The summed E-state index contributed by atoms with van der Waals surface area (Å²) in [7, 11) is 3.76. The molecule has 2 heterocycles. The average Bonchev–Trinajstić information content (AvgIpc) is 3.18. The summed E-state index contributed by atoms with van der Waals surface area (Å²) in [5.41, 5.74) is 2.79. The third kappa shape index (κ3) is 5.24. The van der Waals surface area contributed by atoms with Gasteiger partial charge in [-0.3, -0.25) is 14.5 Å². The molecule has 2 amide bonds. The van der Waals surface area contributed by atoms with E-state index in [2.05, 4.69) is 34.3 Å². The summed E-state index contributed by atoms with van der Waals surface area (Å²) in [6, 6.07) is 15.4. The van der Waals surface area contributed by atoms with Crippen molar-refractivity contribution < 1.29 is 14.3 Å². The molecular formula is C24H30N4O3. The Morgan fingerprint density at radius 3 is 2.35 bits per heavy atom. The van der Waals surface area contributed by atoms with E-state index in [-0.39, 0.29) is 24.2 Å². The fraction of sp³-hybridized carbons (Fsp3) is 0.417. The molecule has 0 aliphatic carbocycles. The van der Waals surface area contributed by atoms with Crippen LogP contribution >= 0.6 is 0 Å². The SMILES string of the molecule is COc1ccc(N2CC(C(=O)Nc3ccc(CN4CCN(C)CC4)cc3)CC2=O)cc1. The zero-order chi connectivity index (χ0) is 21.8. The Bertz CT molecular complexity index is 905. The second-order valence-corrected chi connectivity index (χ2v) is 8.37. The minimum atomic E-state index is -0.361. The van der Waals surface area contributed by atoms with E-state index in [0.29, 0.717) is 6.54 Å². The highest BCUT2D eigenvalue weighted by Gasteiger charge is 2.35. The van der Waals surface area contributed by atoms with Crippen LogP contribution in [0.4, 0.5) is 11.4 Å². The second kappa shape index (κ2) is 9.49. The van der Waals surface area contributed by atoms with Crippen LogP contribution in [0.5, 0.6) is 5.75 Å². The van der Waals surface area contributed by atoms with Crippen LogP contribution in [0.1, 0.15) is 12.0 Å². The number of hydrogen-bond acceptors (Lipinski definition) is 5. The standard InChI is InChI=1S/C24H30N4O3/c1-26-11-13-27(14-12-26)16-18-3-5-20(6-4-18)25-24(30)19-15-23(29)28(17-19)21-7-9-22(31-2)10-8-21/h3-10,19H,11-17H2,1-2H3,(H,25,30). The molecular weight excluding hydrogens is 392 g/mol. The molecule has 2 aromatic carbocycles. The molecule has 1 atom stereocenters. The molecule has 7 heteroatoms. The van der Waals surface area contributed by atoms with Crippen molar-refractivity contribution in [2.45, 2.75) is 13.0 Å². The van der Waals surface area contributed by atoms with Gasteiger partial charge in [0, 0.05) is 57.1 Å². The Morgan fingerprint density at radius 1 is 1.03 bits per heavy atom. The van der Waals surface area contributed by atoms with Crippen molar-refractivity contribution in [1.29, 1.82) is 0 Å². The van der Waals surface area contributed by atoms with E-state index in [1.807, 2.05) is 36.4 Å². The van der Waals surface area contributed by atoms with Crippen LogP contribution in [0, 0.1) is 5.92 Å². The number of benzene rings is 2. The number of ether oxygens (including phenoxy) is 1. The number of piperazine rings is 1. The van der Waals surface area contributed by atoms with Gasteiger partial charge in [0.2, 0.25) is 11.8 Å². The Labute approximate surface area is 183 Å². The summed E-state index contributed by atoms with van der Waals surface area (Å²) >= 11 is 0. The fourth-order valence-corrected chi connectivity index (χ4v) is 4.10. The number of likely N-dealkylation sites (N-methyl/N-ethyl adjacent to an activating group) is 1. The molecule has 0 aromatic heterocycles. The first-order valence-corrected chi connectivity index (χ1v) is 10.8. The Morgan fingerprint density at radius 2 is 1.71 bits per heavy atom. The molecule has 1 N–H and O–H groups in total. The van der Waals surface area contributed by atoms with Crippen LogP contribution in [0.2, 0.25) is 0 Å². The van der Waals surface area contributed by atoms with Gasteiger partial charge in [0.25, 0.3) is 0 Å². The smallest absolute Gasteiger partial charge is 0.229 e. The third-order valence-corrected chi connectivity index (χ3v) is 6.10. The maximum atomic E-state index is 12.7. The van der Waals surface area contributed by atoms with Gasteiger partial charge in [0.05, 0.1) is 13.0 Å². The number of methoxy groups -OCH3 is 1. The molecule has 7 nitrogen and oxygen atoms in total. The van der Waals surface area contributed by atoms with Gasteiger partial charge >= 0.3 is 0 Å². The minimum Gasteiger partial charge on any atom is -0.497 e. The highest BCUT2D eigenvalue weighted by atomic mass is 16.5. The van der Waals surface area contributed by atoms with Crippen LogP contribution in [0.3, 0.4) is 0 Å². The number of anilines is 2. The van der Waals surface area contributed by atoms with E-state index in [1.165, 1.54) is 5.56 Å². The number of carbonyl (C=O) groups is 2. The van der Waals surface area contributed by atoms with Crippen molar-refractivity contribution in [1.82, 2.24) is 9.80 Å².